The van der Waals surface area contributed by atoms with Crippen LogP contribution >= 0.6 is 22.9 Å². The maximum atomic E-state index is 6.65. The summed E-state index contributed by atoms with van der Waals surface area (Å²) in [7, 11) is 0. The molecule has 0 nitrogen and oxygen atoms in total. The Labute approximate surface area is 112 Å². The van der Waals surface area contributed by atoms with Crippen LogP contribution in [-0.2, 0) is 0 Å². The van der Waals surface area contributed by atoms with E-state index in [1.54, 1.807) is 11.3 Å². The molecule has 2 heteroatoms. The predicted octanol–water partition coefficient (Wildman–Crippen LogP) is 5.31. The van der Waals surface area contributed by atoms with E-state index < -0.39 is 0 Å². The Morgan fingerprint density at radius 1 is 0.941 bits per heavy atom. The van der Waals surface area contributed by atoms with E-state index in [4.69, 9.17) is 11.6 Å². The van der Waals surface area contributed by atoms with Crippen LogP contribution in [0.25, 0.3) is 0 Å². The van der Waals surface area contributed by atoms with E-state index in [0.717, 1.165) is 0 Å². The third-order valence-electron chi connectivity index (χ3n) is 3.16. The molecule has 0 aliphatic carbocycles. The van der Waals surface area contributed by atoms with Gasteiger partial charge in [0.2, 0.25) is 0 Å². The Hall–Kier alpha value is -0.790. The molecule has 1 aromatic carbocycles. The topological polar surface area (TPSA) is 0 Å². The van der Waals surface area contributed by atoms with Gasteiger partial charge in [-0.05, 0) is 66.3 Å². The minimum absolute atomic E-state index is 0.0261. The molecule has 17 heavy (non-hydrogen) atoms. The highest BCUT2D eigenvalue weighted by Gasteiger charge is 2.18. The number of rotatable bonds is 2. The number of aryl methyl sites for hydroxylation is 4. The van der Waals surface area contributed by atoms with Crippen LogP contribution in [0.5, 0.6) is 0 Å². The molecule has 1 unspecified atom stereocenters. The molecule has 1 heterocycles. The predicted molar refractivity (Wildman–Crippen MR) is 77.4 cm³/mol. The second-order valence-corrected chi connectivity index (χ2v) is 5.87. The standard InChI is InChI=1S/C15H17ClS/c1-9-5-10(2)14(11(3)6-9)15(16)13-8-17-7-12(13)4/h5-8,15H,1-4H3. The van der Waals surface area contributed by atoms with Gasteiger partial charge < -0.3 is 0 Å². The Bertz CT molecular complexity index is 517. The Kier molecular flexibility index (Phi) is 3.60. The van der Waals surface area contributed by atoms with Gasteiger partial charge in [-0.3, -0.25) is 0 Å². The van der Waals surface area contributed by atoms with E-state index in [9.17, 15) is 0 Å². The molecule has 0 N–H and O–H groups in total. The van der Waals surface area contributed by atoms with E-state index in [0.29, 0.717) is 0 Å². The summed E-state index contributed by atoms with van der Waals surface area (Å²) in [5, 5.41) is 4.29. The molecule has 0 saturated heterocycles. The average molecular weight is 265 g/mol. The van der Waals surface area contributed by atoms with E-state index in [-0.39, 0.29) is 5.38 Å². The van der Waals surface area contributed by atoms with Crippen molar-refractivity contribution in [2.45, 2.75) is 33.1 Å². The quantitative estimate of drug-likeness (QED) is 0.645. The van der Waals surface area contributed by atoms with Crippen LogP contribution in [0.4, 0.5) is 0 Å². The molecule has 0 fully saturated rings. The van der Waals surface area contributed by atoms with E-state index in [1.165, 1.54) is 33.4 Å². The first kappa shape index (κ1) is 12.7. The Morgan fingerprint density at radius 2 is 1.53 bits per heavy atom. The molecule has 0 aliphatic rings. The Balaban J connectivity index is 2.51. The largest absolute Gasteiger partial charge is 0.152 e. The molecule has 1 aromatic heterocycles. The van der Waals surface area contributed by atoms with E-state index >= 15 is 0 Å². The second kappa shape index (κ2) is 4.83. The van der Waals surface area contributed by atoms with Crippen molar-refractivity contribution in [1.29, 1.82) is 0 Å². The van der Waals surface area contributed by atoms with E-state index in [1.807, 2.05) is 0 Å². The minimum Gasteiger partial charge on any atom is -0.152 e. The maximum absolute atomic E-state index is 6.65. The van der Waals surface area contributed by atoms with Crippen molar-refractivity contribution in [3.05, 3.63) is 56.3 Å². The summed E-state index contributed by atoms with van der Waals surface area (Å²) in [5.41, 5.74) is 7.66. The molecule has 0 spiro atoms. The molecular formula is C15H17ClS. The van der Waals surface area contributed by atoms with Crippen LogP contribution < -0.4 is 0 Å². The summed E-state index contributed by atoms with van der Waals surface area (Å²) in [6.45, 7) is 8.54. The van der Waals surface area contributed by atoms with Crippen molar-refractivity contribution in [2.75, 3.05) is 0 Å². The monoisotopic (exact) mass is 264 g/mol. The molecule has 0 aliphatic heterocycles. The van der Waals surface area contributed by atoms with Gasteiger partial charge in [0.15, 0.2) is 0 Å². The number of benzene rings is 1. The maximum Gasteiger partial charge on any atom is 0.0851 e. The minimum atomic E-state index is -0.0261. The summed E-state index contributed by atoms with van der Waals surface area (Å²) >= 11 is 8.37. The average Bonchev–Trinajstić information content (AvgIpc) is 2.62. The lowest BCUT2D eigenvalue weighted by atomic mass is 9.94. The van der Waals surface area contributed by atoms with Gasteiger partial charge in [-0.2, -0.15) is 11.3 Å². The molecule has 0 radical (unpaired) electrons. The Morgan fingerprint density at radius 3 is 2.00 bits per heavy atom. The SMILES string of the molecule is Cc1cc(C)c(C(Cl)c2cscc2C)c(C)c1. The lowest BCUT2D eigenvalue weighted by Crippen LogP contribution is -2.00. The van der Waals surface area contributed by atoms with Crippen LogP contribution in [0.3, 0.4) is 0 Å². The highest BCUT2D eigenvalue weighted by molar-refractivity contribution is 7.08. The van der Waals surface area contributed by atoms with Crippen molar-refractivity contribution in [3.63, 3.8) is 0 Å². The van der Waals surface area contributed by atoms with Gasteiger partial charge in [0.05, 0.1) is 5.38 Å². The fraction of sp³-hybridized carbons (Fsp3) is 0.333. The first-order valence-electron chi connectivity index (χ1n) is 5.75. The molecule has 90 valence electrons. The molecule has 0 amide bonds. The fourth-order valence-electron chi connectivity index (χ4n) is 2.38. The van der Waals surface area contributed by atoms with Gasteiger partial charge in [-0.15, -0.1) is 11.6 Å². The third-order valence-corrected chi connectivity index (χ3v) is 4.49. The van der Waals surface area contributed by atoms with Gasteiger partial charge in [0, 0.05) is 0 Å². The van der Waals surface area contributed by atoms with Crippen molar-refractivity contribution >= 4 is 22.9 Å². The van der Waals surface area contributed by atoms with Crippen LogP contribution in [0.1, 0.15) is 38.8 Å². The van der Waals surface area contributed by atoms with Crippen LogP contribution in [0.15, 0.2) is 22.9 Å². The summed E-state index contributed by atoms with van der Waals surface area (Å²) in [4.78, 5) is 0. The van der Waals surface area contributed by atoms with Gasteiger partial charge >= 0.3 is 0 Å². The highest BCUT2D eigenvalue weighted by Crippen LogP contribution is 2.36. The fourth-order valence-corrected chi connectivity index (χ4v) is 3.91. The van der Waals surface area contributed by atoms with Crippen LogP contribution in [0.2, 0.25) is 0 Å². The summed E-state index contributed by atoms with van der Waals surface area (Å²) in [5.74, 6) is 0. The second-order valence-electron chi connectivity index (χ2n) is 4.69. The lowest BCUT2D eigenvalue weighted by molar-refractivity contribution is 1.07. The van der Waals surface area contributed by atoms with Gasteiger partial charge in [-0.25, -0.2) is 0 Å². The van der Waals surface area contributed by atoms with E-state index in [2.05, 4.69) is 50.6 Å². The molecular weight excluding hydrogens is 248 g/mol. The molecule has 2 rings (SSSR count). The zero-order chi connectivity index (χ0) is 12.6. The third kappa shape index (κ3) is 2.41. The number of hydrogen-bond acceptors (Lipinski definition) is 1. The van der Waals surface area contributed by atoms with Gasteiger partial charge in [0.1, 0.15) is 0 Å². The highest BCUT2D eigenvalue weighted by atomic mass is 35.5. The molecule has 1 atom stereocenters. The zero-order valence-corrected chi connectivity index (χ0v) is 12.2. The smallest absolute Gasteiger partial charge is 0.0851 e. The summed E-state index contributed by atoms with van der Waals surface area (Å²) < 4.78 is 0. The molecule has 2 aromatic rings. The van der Waals surface area contributed by atoms with Crippen molar-refractivity contribution in [2.24, 2.45) is 0 Å². The number of halogens is 1. The first-order valence-corrected chi connectivity index (χ1v) is 7.13. The van der Waals surface area contributed by atoms with Crippen molar-refractivity contribution in [3.8, 4) is 0 Å². The van der Waals surface area contributed by atoms with Crippen LogP contribution in [-0.4, -0.2) is 0 Å². The van der Waals surface area contributed by atoms with Crippen molar-refractivity contribution in [1.82, 2.24) is 0 Å². The summed E-state index contributed by atoms with van der Waals surface area (Å²) in [6.07, 6.45) is 0. The molecule has 0 saturated carbocycles. The van der Waals surface area contributed by atoms with Gasteiger partial charge in [0.25, 0.3) is 0 Å². The number of thiophene rings is 1. The van der Waals surface area contributed by atoms with Crippen LogP contribution in [0, 0.1) is 27.7 Å². The van der Waals surface area contributed by atoms with Crippen molar-refractivity contribution < 1.29 is 0 Å². The zero-order valence-electron chi connectivity index (χ0n) is 10.7. The normalized spacial score (nSPS) is 12.8. The number of alkyl halides is 1. The number of hydrogen-bond donors (Lipinski definition) is 0. The first-order chi connectivity index (χ1) is 8.00. The molecule has 0 bridgehead atoms. The van der Waals surface area contributed by atoms with Gasteiger partial charge in [-0.1, -0.05) is 17.7 Å². The summed E-state index contributed by atoms with van der Waals surface area (Å²) in [6, 6.07) is 4.42. The lowest BCUT2D eigenvalue weighted by Gasteiger charge is -2.17.